The molecule has 0 aliphatic heterocycles. The van der Waals surface area contributed by atoms with E-state index in [0.29, 0.717) is 23.3 Å². The molecule has 0 spiro atoms. The van der Waals surface area contributed by atoms with E-state index in [1.165, 1.54) is 18.4 Å². The number of aryl methyl sites for hydroxylation is 1. The summed E-state index contributed by atoms with van der Waals surface area (Å²) in [6, 6.07) is 5.35. The van der Waals surface area contributed by atoms with Crippen LogP contribution in [0.15, 0.2) is 23.2 Å². The Morgan fingerprint density at radius 1 is 1.35 bits per heavy atom. The van der Waals surface area contributed by atoms with Gasteiger partial charge < -0.3 is 9.30 Å². The van der Waals surface area contributed by atoms with E-state index in [2.05, 4.69) is 4.99 Å². The first-order valence-electron chi connectivity index (χ1n) is 6.40. The zero-order chi connectivity index (χ0) is 14.7. The van der Waals surface area contributed by atoms with Crippen molar-refractivity contribution in [3.63, 3.8) is 0 Å². The molecule has 0 bridgehead atoms. The number of carbonyl (C=O) groups excluding carboxylic acids is 2. The van der Waals surface area contributed by atoms with E-state index in [-0.39, 0.29) is 11.9 Å². The molecule has 1 aromatic carbocycles. The third-order valence-electron chi connectivity index (χ3n) is 2.94. The molecule has 0 saturated carbocycles. The van der Waals surface area contributed by atoms with Gasteiger partial charge in [0.1, 0.15) is 0 Å². The average Bonchev–Trinajstić information content (AvgIpc) is 2.81. The summed E-state index contributed by atoms with van der Waals surface area (Å²) in [5.74, 6) is -0.515. The summed E-state index contributed by atoms with van der Waals surface area (Å²) in [4.78, 5) is 27.8. The fourth-order valence-electron chi connectivity index (χ4n) is 1.89. The monoisotopic (exact) mass is 292 g/mol. The molecule has 2 rings (SSSR count). The van der Waals surface area contributed by atoms with Gasteiger partial charge in [0.05, 0.1) is 22.9 Å². The normalized spacial score (nSPS) is 11.8. The van der Waals surface area contributed by atoms with E-state index in [1.54, 1.807) is 19.1 Å². The number of thiazole rings is 1. The average molecular weight is 292 g/mol. The van der Waals surface area contributed by atoms with Gasteiger partial charge in [-0.1, -0.05) is 18.3 Å². The van der Waals surface area contributed by atoms with E-state index >= 15 is 0 Å². The Labute approximate surface area is 120 Å². The van der Waals surface area contributed by atoms with Crippen LogP contribution in [0.4, 0.5) is 0 Å². The maximum absolute atomic E-state index is 11.5. The number of benzene rings is 1. The summed E-state index contributed by atoms with van der Waals surface area (Å²) in [6.07, 6.45) is 0.380. The largest absolute Gasteiger partial charge is 0.465 e. The van der Waals surface area contributed by atoms with E-state index in [9.17, 15) is 9.59 Å². The van der Waals surface area contributed by atoms with Crippen LogP contribution in [-0.4, -0.2) is 23.6 Å². The van der Waals surface area contributed by atoms with Crippen LogP contribution in [0.5, 0.6) is 0 Å². The van der Waals surface area contributed by atoms with Crippen molar-refractivity contribution in [3.8, 4) is 0 Å². The zero-order valence-corrected chi connectivity index (χ0v) is 12.5. The molecule has 0 saturated heterocycles. The highest BCUT2D eigenvalue weighted by atomic mass is 32.1. The fourth-order valence-corrected chi connectivity index (χ4v) is 3.05. The number of ether oxygens (including phenoxy) is 1. The molecule has 0 aliphatic carbocycles. The van der Waals surface area contributed by atoms with Crippen LogP contribution in [-0.2, 0) is 16.1 Å². The number of esters is 1. The molecule has 0 N–H and O–H groups in total. The predicted molar refractivity (Wildman–Crippen MR) is 77.7 cm³/mol. The number of fused-ring (bicyclic) bond motifs is 1. The summed E-state index contributed by atoms with van der Waals surface area (Å²) >= 11 is 1.40. The number of nitrogens with zero attached hydrogens (tertiary/aromatic N) is 2. The van der Waals surface area contributed by atoms with E-state index in [1.807, 2.05) is 17.6 Å². The first-order chi connectivity index (χ1) is 9.60. The minimum absolute atomic E-state index is 0.146. The molecule has 20 heavy (non-hydrogen) atoms. The minimum Gasteiger partial charge on any atom is -0.465 e. The second-order valence-corrected chi connectivity index (χ2v) is 5.17. The van der Waals surface area contributed by atoms with Crippen LogP contribution < -0.4 is 4.80 Å². The standard InChI is InChI=1S/C14H16N2O3S/c1-4-12(17)15-14-16(5-2)10-7-6-9(13(18)19-3)8-11(10)20-14/h6-8H,4-5H2,1-3H3. The van der Waals surface area contributed by atoms with Gasteiger partial charge in [0.25, 0.3) is 0 Å². The Bertz CT molecular complexity index is 728. The lowest BCUT2D eigenvalue weighted by molar-refractivity contribution is -0.117. The highest BCUT2D eigenvalue weighted by Crippen LogP contribution is 2.19. The topological polar surface area (TPSA) is 60.7 Å². The molecule has 6 heteroatoms. The molecule has 106 valence electrons. The van der Waals surface area contributed by atoms with Crippen LogP contribution in [0, 0.1) is 0 Å². The highest BCUT2D eigenvalue weighted by molar-refractivity contribution is 7.16. The minimum atomic E-state index is -0.369. The number of rotatable bonds is 3. The maximum Gasteiger partial charge on any atom is 0.337 e. The van der Waals surface area contributed by atoms with Crippen LogP contribution >= 0.6 is 11.3 Å². The molecule has 5 nitrogen and oxygen atoms in total. The van der Waals surface area contributed by atoms with Gasteiger partial charge in [-0.05, 0) is 25.1 Å². The molecule has 0 atom stereocenters. The first kappa shape index (κ1) is 14.5. The Morgan fingerprint density at radius 3 is 2.70 bits per heavy atom. The number of amides is 1. The second-order valence-electron chi connectivity index (χ2n) is 4.16. The van der Waals surface area contributed by atoms with Crippen LogP contribution in [0.2, 0.25) is 0 Å². The number of carbonyl (C=O) groups is 2. The molecule has 2 aromatic rings. The predicted octanol–water partition coefficient (Wildman–Crippen LogP) is 2.35. The molecule has 0 radical (unpaired) electrons. The molecule has 0 aliphatic rings. The molecule has 1 amide bonds. The maximum atomic E-state index is 11.5. The highest BCUT2D eigenvalue weighted by Gasteiger charge is 2.10. The van der Waals surface area contributed by atoms with Crippen molar-refractivity contribution in [3.05, 3.63) is 28.6 Å². The molecular formula is C14H16N2O3S. The van der Waals surface area contributed by atoms with Crippen LogP contribution in [0.3, 0.4) is 0 Å². The molecular weight excluding hydrogens is 276 g/mol. The third kappa shape index (κ3) is 2.65. The molecule has 0 fully saturated rings. The van der Waals surface area contributed by atoms with Gasteiger partial charge in [-0.25, -0.2) is 4.79 Å². The van der Waals surface area contributed by atoms with Crippen molar-refractivity contribution in [1.82, 2.24) is 4.57 Å². The van der Waals surface area contributed by atoms with Gasteiger partial charge in [-0.3, -0.25) is 4.79 Å². The van der Waals surface area contributed by atoms with Gasteiger partial charge in [0.15, 0.2) is 4.80 Å². The van der Waals surface area contributed by atoms with Gasteiger partial charge in [-0.15, -0.1) is 0 Å². The quantitative estimate of drug-likeness (QED) is 0.816. The van der Waals surface area contributed by atoms with Crippen LogP contribution in [0.25, 0.3) is 10.2 Å². The number of aromatic nitrogens is 1. The third-order valence-corrected chi connectivity index (χ3v) is 3.98. The Balaban J connectivity index is 2.65. The summed E-state index contributed by atoms with van der Waals surface area (Å²) in [5, 5.41) is 0. The first-order valence-corrected chi connectivity index (χ1v) is 7.21. The van der Waals surface area contributed by atoms with Crippen molar-refractivity contribution in [2.75, 3.05) is 7.11 Å². The number of hydrogen-bond acceptors (Lipinski definition) is 4. The molecule has 1 heterocycles. The SMILES string of the molecule is CCC(=O)N=c1sc2cc(C(=O)OC)ccc2n1CC. The van der Waals surface area contributed by atoms with E-state index < -0.39 is 0 Å². The van der Waals surface area contributed by atoms with Crippen molar-refractivity contribution in [2.45, 2.75) is 26.8 Å². The van der Waals surface area contributed by atoms with Gasteiger partial charge in [-0.2, -0.15) is 4.99 Å². The number of hydrogen-bond donors (Lipinski definition) is 0. The second kappa shape index (κ2) is 6.00. The van der Waals surface area contributed by atoms with Crippen molar-refractivity contribution in [1.29, 1.82) is 0 Å². The van der Waals surface area contributed by atoms with Crippen molar-refractivity contribution < 1.29 is 14.3 Å². The lowest BCUT2D eigenvalue weighted by atomic mass is 10.2. The summed E-state index contributed by atoms with van der Waals surface area (Å²) in [7, 11) is 1.36. The zero-order valence-electron chi connectivity index (χ0n) is 11.7. The van der Waals surface area contributed by atoms with Crippen molar-refractivity contribution in [2.24, 2.45) is 4.99 Å². The lowest BCUT2D eigenvalue weighted by Gasteiger charge is -2.01. The van der Waals surface area contributed by atoms with E-state index in [0.717, 1.165) is 10.2 Å². The Morgan fingerprint density at radius 2 is 2.10 bits per heavy atom. The van der Waals surface area contributed by atoms with Crippen LogP contribution in [0.1, 0.15) is 30.6 Å². The van der Waals surface area contributed by atoms with Gasteiger partial charge in [0.2, 0.25) is 5.91 Å². The van der Waals surface area contributed by atoms with Gasteiger partial charge >= 0.3 is 5.97 Å². The lowest BCUT2D eigenvalue weighted by Crippen LogP contribution is -2.15. The summed E-state index contributed by atoms with van der Waals surface area (Å²) in [5.41, 5.74) is 1.46. The van der Waals surface area contributed by atoms with Crippen molar-refractivity contribution >= 4 is 33.4 Å². The Kier molecular flexibility index (Phi) is 4.34. The molecule has 0 unspecified atom stereocenters. The fraction of sp³-hybridized carbons (Fsp3) is 0.357. The summed E-state index contributed by atoms with van der Waals surface area (Å²) in [6.45, 7) is 4.49. The smallest absolute Gasteiger partial charge is 0.337 e. The molecule has 1 aromatic heterocycles. The van der Waals surface area contributed by atoms with Gasteiger partial charge in [0, 0.05) is 13.0 Å². The Hall–Kier alpha value is -1.95. The van der Waals surface area contributed by atoms with E-state index in [4.69, 9.17) is 4.74 Å². The number of methoxy groups -OCH3 is 1. The summed E-state index contributed by atoms with van der Waals surface area (Å²) < 4.78 is 7.59.